The smallest absolute Gasteiger partial charge is 0.324 e. The first-order valence-electron chi connectivity index (χ1n) is 8.72. The van der Waals surface area contributed by atoms with Gasteiger partial charge in [0, 0.05) is 56.2 Å². The number of carbonyl (C=O) groups is 1. The van der Waals surface area contributed by atoms with Gasteiger partial charge in [-0.1, -0.05) is 11.6 Å². The fourth-order valence-corrected chi connectivity index (χ4v) is 3.46. The number of fused-ring (bicyclic) bond motifs is 1. The molecule has 1 fully saturated rings. The van der Waals surface area contributed by atoms with Crippen molar-refractivity contribution in [2.24, 2.45) is 0 Å². The summed E-state index contributed by atoms with van der Waals surface area (Å²) in [6.45, 7) is 3.99. The lowest BCUT2D eigenvalue weighted by Crippen LogP contribution is -2.53. The van der Waals surface area contributed by atoms with E-state index in [1.807, 2.05) is 11.0 Å². The van der Waals surface area contributed by atoms with Crippen molar-refractivity contribution in [2.75, 3.05) is 49.1 Å². The van der Waals surface area contributed by atoms with Crippen LogP contribution in [0.4, 0.5) is 16.3 Å². The standard InChI is InChI=1S/C18H20ClN5O2/c19-14-2-3-15-16(12-14)26-11-1-6-24(15)18(25)23-9-7-22(8-10-23)17-13-20-4-5-21-17/h2-5,12-13H,1,6-11H2. The SMILES string of the molecule is O=C(N1CCN(c2cnccn2)CC1)N1CCCOc2cc(Cl)ccc21. The normalized spacial score (nSPS) is 17.3. The number of hydrogen-bond donors (Lipinski definition) is 0. The van der Waals surface area contributed by atoms with Crippen LogP contribution in [-0.4, -0.2) is 60.2 Å². The van der Waals surface area contributed by atoms with E-state index in [1.54, 1.807) is 35.6 Å². The van der Waals surface area contributed by atoms with Gasteiger partial charge in [0.1, 0.15) is 11.6 Å². The number of piperazine rings is 1. The number of halogens is 1. The number of carbonyl (C=O) groups excluding carboxylic acids is 1. The molecule has 0 unspecified atom stereocenters. The molecule has 0 bridgehead atoms. The second-order valence-corrected chi connectivity index (χ2v) is 6.72. The number of benzene rings is 1. The highest BCUT2D eigenvalue weighted by atomic mass is 35.5. The molecular formula is C18H20ClN5O2. The van der Waals surface area contributed by atoms with Crippen molar-refractivity contribution in [2.45, 2.75) is 6.42 Å². The average molecular weight is 374 g/mol. The highest BCUT2D eigenvalue weighted by Gasteiger charge is 2.29. The van der Waals surface area contributed by atoms with Crippen LogP contribution in [0.1, 0.15) is 6.42 Å². The number of hydrogen-bond acceptors (Lipinski definition) is 5. The molecule has 7 nitrogen and oxygen atoms in total. The maximum absolute atomic E-state index is 13.1. The Hall–Kier alpha value is -2.54. The van der Waals surface area contributed by atoms with E-state index in [-0.39, 0.29) is 6.03 Å². The molecule has 4 rings (SSSR count). The predicted octanol–water partition coefficient (Wildman–Crippen LogP) is 2.66. The summed E-state index contributed by atoms with van der Waals surface area (Å²) < 4.78 is 5.75. The maximum Gasteiger partial charge on any atom is 0.324 e. The molecule has 0 spiro atoms. The molecule has 2 aliphatic rings. The molecule has 1 aromatic carbocycles. The Morgan fingerprint density at radius 2 is 1.96 bits per heavy atom. The summed E-state index contributed by atoms with van der Waals surface area (Å²) in [7, 11) is 0. The lowest BCUT2D eigenvalue weighted by molar-refractivity contribution is 0.201. The van der Waals surface area contributed by atoms with Gasteiger partial charge < -0.3 is 14.5 Å². The molecule has 2 aliphatic heterocycles. The van der Waals surface area contributed by atoms with Crippen LogP contribution >= 0.6 is 11.6 Å². The van der Waals surface area contributed by atoms with E-state index >= 15 is 0 Å². The Bertz CT molecular complexity index is 780. The van der Waals surface area contributed by atoms with Crippen molar-refractivity contribution in [1.29, 1.82) is 0 Å². The van der Waals surface area contributed by atoms with Gasteiger partial charge in [-0.05, 0) is 18.6 Å². The van der Waals surface area contributed by atoms with E-state index in [0.717, 1.165) is 31.0 Å². The molecule has 0 radical (unpaired) electrons. The van der Waals surface area contributed by atoms with E-state index in [9.17, 15) is 4.79 Å². The number of ether oxygens (including phenoxy) is 1. The molecule has 0 aliphatic carbocycles. The molecule has 1 aromatic heterocycles. The quantitative estimate of drug-likeness (QED) is 0.769. The van der Waals surface area contributed by atoms with Crippen molar-refractivity contribution < 1.29 is 9.53 Å². The van der Waals surface area contributed by atoms with Crippen LogP contribution < -0.4 is 14.5 Å². The van der Waals surface area contributed by atoms with Crippen molar-refractivity contribution in [3.63, 3.8) is 0 Å². The van der Waals surface area contributed by atoms with Crippen LogP contribution in [0.15, 0.2) is 36.8 Å². The van der Waals surface area contributed by atoms with E-state index < -0.39 is 0 Å². The van der Waals surface area contributed by atoms with Gasteiger partial charge in [-0.25, -0.2) is 9.78 Å². The highest BCUT2D eigenvalue weighted by Crippen LogP contribution is 2.34. The third-order valence-corrected chi connectivity index (χ3v) is 4.89. The topological polar surface area (TPSA) is 61.8 Å². The van der Waals surface area contributed by atoms with Crippen molar-refractivity contribution in [1.82, 2.24) is 14.9 Å². The van der Waals surface area contributed by atoms with Crippen LogP contribution in [0.25, 0.3) is 0 Å². The Balaban J connectivity index is 1.47. The monoisotopic (exact) mass is 373 g/mol. The summed E-state index contributed by atoms with van der Waals surface area (Å²) in [5, 5.41) is 0.607. The molecule has 0 N–H and O–H groups in total. The van der Waals surface area contributed by atoms with Gasteiger partial charge in [-0.3, -0.25) is 9.88 Å². The third kappa shape index (κ3) is 3.39. The molecule has 2 aromatic rings. The first-order valence-corrected chi connectivity index (χ1v) is 9.10. The van der Waals surface area contributed by atoms with E-state index in [4.69, 9.17) is 16.3 Å². The molecule has 136 valence electrons. The second-order valence-electron chi connectivity index (χ2n) is 6.29. The lowest BCUT2D eigenvalue weighted by Gasteiger charge is -2.37. The van der Waals surface area contributed by atoms with Crippen LogP contribution in [-0.2, 0) is 0 Å². The first-order chi connectivity index (χ1) is 12.7. The minimum Gasteiger partial charge on any atom is -0.491 e. The average Bonchev–Trinajstić information content (AvgIpc) is 2.90. The summed E-state index contributed by atoms with van der Waals surface area (Å²) in [6.07, 6.45) is 5.89. The van der Waals surface area contributed by atoms with Crippen LogP contribution in [0.2, 0.25) is 5.02 Å². The van der Waals surface area contributed by atoms with Gasteiger partial charge in [0.25, 0.3) is 0 Å². The van der Waals surface area contributed by atoms with Crippen LogP contribution in [0.3, 0.4) is 0 Å². The Morgan fingerprint density at radius 3 is 2.73 bits per heavy atom. The van der Waals surface area contributed by atoms with Crippen LogP contribution in [0.5, 0.6) is 5.75 Å². The minimum absolute atomic E-state index is 0.0119. The highest BCUT2D eigenvalue weighted by molar-refractivity contribution is 6.30. The molecule has 0 saturated carbocycles. The zero-order valence-electron chi connectivity index (χ0n) is 14.3. The summed E-state index contributed by atoms with van der Waals surface area (Å²) in [5.74, 6) is 1.52. The summed E-state index contributed by atoms with van der Waals surface area (Å²) in [6, 6.07) is 5.44. The molecule has 2 amide bonds. The Labute approximate surface area is 157 Å². The summed E-state index contributed by atoms with van der Waals surface area (Å²) >= 11 is 6.07. The second kappa shape index (κ2) is 7.37. The zero-order valence-corrected chi connectivity index (χ0v) is 15.1. The third-order valence-electron chi connectivity index (χ3n) is 4.65. The maximum atomic E-state index is 13.1. The van der Waals surface area contributed by atoms with Gasteiger partial charge in [0.15, 0.2) is 0 Å². The molecule has 0 atom stereocenters. The number of amides is 2. The molecule has 8 heteroatoms. The fraction of sp³-hybridized carbons (Fsp3) is 0.389. The van der Waals surface area contributed by atoms with Gasteiger partial charge >= 0.3 is 6.03 Å². The van der Waals surface area contributed by atoms with Crippen molar-refractivity contribution >= 4 is 29.1 Å². The van der Waals surface area contributed by atoms with E-state index in [0.29, 0.717) is 37.0 Å². The Morgan fingerprint density at radius 1 is 1.12 bits per heavy atom. The molecular weight excluding hydrogens is 354 g/mol. The molecule has 26 heavy (non-hydrogen) atoms. The number of nitrogens with zero attached hydrogens (tertiary/aromatic N) is 5. The zero-order chi connectivity index (χ0) is 17.9. The number of anilines is 2. The Kier molecular flexibility index (Phi) is 4.79. The summed E-state index contributed by atoms with van der Waals surface area (Å²) in [4.78, 5) is 27.4. The van der Waals surface area contributed by atoms with E-state index in [1.165, 1.54) is 0 Å². The molecule has 1 saturated heterocycles. The molecule has 3 heterocycles. The number of aromatic nitrogens is 2. The number of rotatable bonds is 1. The number of urea groups is 1. The fourth-order valence-electron chi connectivity index (χ4n) is 3.30. The van der Waals surface area contributed by atoms with Crippen LogP contribution in [0, 0.1) is 0 Å². The largest absolute Gasteiger partial charge is 0.491 e. The van der Waals surface area contributed by atoms with Gasteiger partial charge in [0.2, 0.25) is 0 Å². The lowest BCUT2D eigenvalue weighted by atomic mass is 10.2. The first kappa shape index (κ1) is 16.9. The predicted molar refractivity (Wildman–Crippen MR) is 100 cm³/mol. The van der Waals surface area contributed by atoms with Crippen molar-refractivity contribution in [3.05, 3.63) is 41.8 Å². The minimum atomic E-state index is 0.0119. The summed E-state index contributed by atoms with van der Waals surface area (Å²) in [5.41, 5.74) is 0.785. The van der Waals surface area contributed by atoms with Gasteiger partial charge in [-0.15, -0.1) is 0 Å². The van der Waals surface area contributed by atoms with E-state index in [2.05, 4.69) is 14.9 Å². The van der Waals surface area contributed by atoms with Gasteiger partial charge in [0.05, 0.1) is 18.5 Å². The van der Waals surface area contributed by atoms with Gasteiger partial charge in [-0.2, -0.15) is 0 Å². The van der Waals surface area contributed by atoms with Crippen molar-refractivity contribution in [3.8, 4) is 5.75 Å².